The highest BCUT2D eigenvalue weighted by Gasteiger charge is 2.20. The van der Waals surface area contributed by atoms with Crippen molar-refractivity contribution < 1.29 is 9.53 Å². The molecule has 116 valence electrons. The maximum atomic E-state index is 12.0. The van der Waals surface area contributed by atoms with Crippen LogP contribution in [0.3, 0.4) is 0 Å². The fourth-order valence-corrected chi connectivity index (χ4v) is 2.61. The smallest absolute Gasteiger partial charge is 0.260 e. The van der Waals surface area contributed by atoms with Gasteiger partial charge >= 0.3 is 0 Å². The van der Waals surface area contributed by atoms with Crippen molar-refractivity contribution in [3.05, 3.63) is 29.3 Å². The lowest BCUT2D eigenvalue weighted by Gasteiger charge is -2.24. The quantitative estimate of drug-likeness (QED) is 0.876. The molecule has 1 amide bonds. The molecule has 0 radical (unpaired) electrons. The number of ether oxygens (including phenoxy) is 1. The molecule has 0 heterocycles. The highest BCUT2D eigenvalue weighted by molar-refractivity contribution is 5.80. The molecule has 21 heavy (non-hydrogen) atoms. The third kappa shape index (κ3) is 3.97. The van der Waals surface area contributed by atoms with Crippen molar-refractivity contribution >= 4 is 5.91 Å². The van der Waals surface area contributed by atoms with Gasteiger partial charge in [-0.2, -0.15) is 0 Å². The standard InChI is InChI=1S/C17H26N2O2/c1-4-11(2)19-17(20)12(3)21-14-9-8-13-6-5-7-16(18)15(13)10-14/h8-12,16H,4-7,18H2,1-3H3,(H,19,20). The zero-order chi connectivity index (χ0) is 15.4. The lowest BCUT2D eigenvalue weighted by atomic mass is 9.88. The molecule has 3 N–H and O–H groups in total. The Morgan fingerprint density at radius 1 is 1.48 bits per heavy atom. The van der Waals surface area contributed by atoms with Crippen LogP contribution in [-0.2, 0) is 11.2 Å². The molecule has 0 aromatic heterocycles. The number of hydrogen-bond donors (Lipinski definition) is 2. The summed E-state index contributed by atoms with van der Waals surface area (Å²) >= 11 is 0. The van der Waals surface area contributed by atoms with Crippen LogP contribution in [0.5, 0.6) is 5.75 Å². The van der Waals surface area contributed by atoms with Gasteiger partial charge in [0.15, 0.2) is 6.10 Å². The fraction of sp³-hybridized carbons (Fsp3) is 0.588. The number of hydrogen-bond acceptors (Lipinski definition) is 3. The Morgan fingerprint density at radius 3 is 2.95 bits per heavy atom. The highest BCUT2D eigenvalue weighted by atomic mass is 16.5. The lowest BCUT2D eigenvalue weighted by molar-refractivity contribution is -0.127. The lowest BCUT2D eigenvalue weighted by Crippen LogP contribution is -2.41. The van der Waals surface area contributed by atoms with Crippen molar-refractivity contribution in [3.63, 3.8) is 0 Å². The topological polar surface area (TPSA) is 64.3 Å². The molecule has 1 aromatic rings. The van der Waals surface area contributed by atoms with Gasteiger partial charge in [0.2, 0.25) is 0 Å². The molecule has 4 nitrogen and oxygen atoms in total. The predicted octanol–water partition coefficient (Wildman–Crippen LogP) is 2.70. The number of aryl methyl sites for hydroxylation is 1. The van der Waals surface area contributed by atoms with Crippen molar-refractivity contribution in [3.8, 4) is 5.75 Å². The normalized spacial score (nSPS) is 20.3. The van der Waals surface area contributed by atoms with E-state index in [2.05, 4.69) is 11.4 Å². The van der Waals surface area contributed by atoms with Crippen molar-refractivity contribution in [2.24, 2.45) is 5.73 Å². The van der Waals surface area contributed by atoms with Crippen LogP contribution < -0.4 is 15.8 Å². The van der Waals surface area contributed by atoms with Gasteiger partial charge in [-0.25, -0.2) is 0 Å². The van der Waals surface area contributed by atoms with Gasteiger partial charge in [0.25, 0.3) is 5.91 Å². The van der Waals surface area contributed by atoms with Crippen LogP contribution in [0.1, 0.15) is 57.2 Å². The Bertz CT molecular complexity index is 502. The first kappa shape index (κ1) is 15.8. The average molecular weight is 290 g/mol. The highest BCUT2D eigenvalue weighted by Crippen LogP contribution is 2.31. The first-order chi connectivity index (χ1) is 10.0. The number of carbonyl (C=O) groups is 1. The van der Waals surface area contributed by atoms with Crippen LogP contribution >= 0.6 is 0 Å². The van der Waals surface area contributed by atoms with Crippen LogP contribution in [0.2, 0.25) is 0 Å². The van der Waals surface area contributed by atoms with E-state index in [-0.39, 0.29) is 18.0 Å². The Labute approximate surface area is 127 Å². The van der Waals surface area contributed by atoms with Gasteiger partial charge in [0.05, 0.1) is 0 Å². The summed E-state index contributed by atoms with van der Waals surface area (Å²) < 4.78 is 5.77. The Morgan fingerprint density at radius 2 is 2.24 bits per heavy atom. The number of rotatable bonds is 5. The SMILES string of the molecule is CCC(C)NC(=O)C(C)Oc1ccc2c(c1)C(N)CCC2. The van der Waals surface area contributed by atoms with Crippen molar-refractivity contribution in [1.29, 1.82) is 0 Å². The van der Waals surface area contributed by atoms with Crippen LogP contribution in [-0.4, -0.2) is 18.1 Å². The number of carbonyl (C=O) groups excluding carboxylic acids is 1. The number of nitrogens with two attached hydrogens (primary N) is 1. The van der Waals surface area contributed by atoms with E-state index in [9.17, 15) is 4.79 Å². The molecule has 0 saturated carbocycles. The van der Waals surface area contributed by atoms with Crippen molar-refractivity contribution in [2.75, 3.05) is 0 Å². The summed E-state index contributed by atoms with van der Waals surface area (Å²) in [7, 11) is 0. The Hall–Kier alpha value is -1.55. The van der Waals surface area contributed by atoms with Gasteiger partial charge < -0.3 is 15.8 Å². The van der Waals surface area contributed by atoms with Gasteiger partial charge in [-0.15, -0.1) is 0 Å². The number of amides is 1. The number of fused-ring (bicyclic) bond motifs is 1. The van der Waals surface area contributed by atoms with Crippen molar-refractivity contribution in [2.45, 2.75) is 64.6 Å². The van der Waals surface area contributed by atoms with E-state index in [1.807, 2.05) is 26.0 Å². The largest absolute Gasteiger partial charge is 0.481 e. The zero-order valence-corrected chi connectivity index (χ0v) is 13.2. The van der Waals surface area contributed by atoms with Gasteiger partial charge in [-0.05, 0) is 62.8 Å². The summed E-state index contributed by atoms with van der Waals surface area (Å²) in [5.41, 5.74) is 8.62. The number of benzene rings is 1. The maximum Gasteiger partial charge on any atom is 0.260 e. The van der Waals surface area contributed by atoms with Crippen LogP contribution in [0, 0.1) is 0 Å². The summed E-state index contributed by atoms with van der Waals surface area (Å²) in [6, 6.07) is 6.25. The summed E-state index contributed by atoms with van der Waals surface area (Å²) in [4.78, 5) is 12.0. The van der Waals surface area contributed by atoms with Crippen LogP contribution in [0.25, 0.3) is 0 Å². The van der Waals surface area contributed by atoms with E-state index in [0.29, 0.717) is 0 Å². The molecule has 1 aromatic carbocycles. The minimum Gasteiger partial charge on any atom is -0.481 e. The molecule has 3 unspecified atom stereocenters. The van der Waals surface area contributed by atoms with Gasteiger partial charge in [0.1, 0.15) is 5.75 Å². The Kier molecular flexibility index (Phi) is 5.23. The second-order valence-corrected chi connectivity index (χ2v) is 5.94. The monoisotopic (exact) mass is 290 g/mol. The van der Waals surface area contributed by atoms with E-state index >= 15 is 0 Å². The molecular weight excluding hydrogens is 264 g/mol. The Balaban J connectivity index is 2.03. The third-order valence-corrected chi connectivity index (χ3v) is 4.16. The summed E-state index contributed by atoms with van der Waals surface area (Å²) in [6.07, 6.45) is 3.64. The van der Waals surface area contributed by atoms with Crippen LogP contribution in [0.4, 0.5) is 0 Å². The molecular formula is C17H26N2O2. The molecule has 1 aliphatic carbocycles. The first-order valence-corrected chi connectivity index (χ1v) is 7.86. The van der Waals surface area contributed by atoms with E-state index in [4.69, 9.17) is 10.5 Å². The minimum atomic E-state index is -0.503. The first-order valence-electron chi connectivity index (χ1n) is 7.86. The molecule has 0 bridgehead atoms. The predicted molar refractivity (Wildman–Crippen MR) is 84.3 cm³/mol. The average Bonchev–Trinajstić information content (AvgIpc) is 2.47. The second-order valence-electron chi connectivity index (χ2n) is 5.94. The molecule has 0 saturated heterocycles. The molecule has 4 heteroatoms. The molecule has 1 aliphatic rings. The van der Waals surface area contributed by atoms with Crippen LogP contribution in [0.15, 0.2) is 18.2 Å². The van der Waals surface area contributed by atoms with E-state index in [1.165, 1.54) is 5.56 Å². The molecule has 0 aliphatic heterocycles. The van der Waals surface area contributed by atoms with Gasteiger partial charge in [-0.3, -0.25) is 4.79 Å². The zero-order valence-electron chi connectivity index (χ0n) is 13.2. The molecule has 0 fully saturated rings. The summed E-state index contributed by atoms with van der Waals surface area (Å²) in [5.74, 6) is 0.643. The summed E-state index contributed by atoms with van der Waals surface area (Å²) in [5, 5.41) is 2.93. The number of nitrogens with one attached hydrogen (secondary N) is 1. The molecule has 0 spiro atoms. The van der Waals surface area contributed by atoms with Gasteiger partial charge in [0, 0.05) is 12.1 Å². The third-order valence-electron chi connectivity index (χ3n) is 4.16. The molecule has 2 rings (SSSR count). The summed E-state index contributed by atoms with van der Waals surface area (Å²) in [6.45, 7) is 5.81. The van der Waals surface area contributed by atoms with E-state index < -0.39 is 6.10 Å². The fourth-order valence-electron chi connectivity index (χ4n) is 2.61. The molecule has 3 atom stereocenters. The maximum absolute atomic E-state index is 12.0. The van der Waals surface area contributed by atoms with E-state index in [0.717, 1.165) is 37.0 Å². The minimum absolute atomic E-state index is 0.0774. The van der Waals surface area contributed by atoms with E-state index in [1.54, 1.807) is 6.92 Å². The van der Waals surface area contributed by atoms with Gasteiger partial charge in [-0.1, -0.05) is 13.0 Å². The second kappa shape index (κ2) is 6.94. The van der Waals surface area contributed by atoms with Crippen molar-refractivity contribution in [1.82, 2.24) is 5.32 Å².